The fourth-order valence-corrected chi connectivity index (χ4v) is 2.62. The zero-order valence-electron chi connectivity index (χ0n) is 9.70. The highest BCUT2D eigenvalue weighted by atomic mass is 14.9. The highest BCUT2D eigenvalue weighted by Gasteiger charge is 2.59. The van der Waals surface area contributed by atoms with Gasteiger partial charge in [-0.05, 0) is 28.9 Å². The summed E-state index contributed by atoms with van der Waals surface area (Å²) in [6.45, 7) is 4.46. The lowest BCUT2D eigenvalue weighted by Gasteiger charge is -2.17. The maximum Gasteiger partial charge on any atom is 0.0474 e. The molecule has 1 fully saturated rings. The summed E-state index contributed by atoms with van der Waals surface area (Å²) >= 11 is 0. The van der Waals surface area contributed by atoms with Crippen molar-refractivity contribution in [1.82, 2.24) is 4.98 Å². The lowest BCUT2D eigenvalue weighted by molar-refractivity contribution is 0.513. The van der Waals surface area contributed by atoms with E-state index in [1.165, 1.54) is 16.3 Å². The van der Waals surface area contributed by atoms with Gasteiger partial charge in [0.2, 0.25) is 0 Å². The van der Waals surface area contributed by atoms with Gasteiger partial charge in [-0.1, -0.05) is 32.0 Å². The van der Waals surface area contributed by atoms with Gasteiger partial charge in [-0.2, -0.15) is 0 Å². The van der Waals surface area contributed by atoms with E-state index in [0.29, 0.717) is 0 Å². The van der Waals surface area contributed by atoms with E-state index in [1.54, 1.807) is 0 Å². The molecule has 82 valence electrons. The molecule has 1 aliphatic rings. The van der Waals surface area contributed by atoms with Crippen molar-refractivity contribution in [2.75, 3.05) is 0 Å². The average Bonchev–Trinajstić information content (AvgIpc) is 2.78. The smallest absolute Gasteiger partial charge is 0.0474 e. The second kappa shape index (κ2) is 2.83. The summed E-state index contributed by atoms with van der Waals surface area (Å²) in [6.07, 6.45) is 4.80. The van der Waals surface area contributed by atoms with Gasteiger partial charge in [-0.3, -0.25) is 4.98 Å². The first-order valence-electron chi connectivity index (χ1n) is 5.67. The summed E-state index contributed by atoms with van der Waals surface area (Å²) in [7, 11) is 0. The van der Waals surface area contributed by atoms with E-state index < -0.39 is 0 Å². The van der Waals surface area contributed by atoms with Gasteiger partial charge < -0.3 is 5.73 Å². The summed E-state index contributed by atoms with van der Waals surface area (Å²) in [5, 5.41) is 2.41. The SMILES string of the molecule is CC1(C)CC1(N)c1cccc2cnccc12. The van der Waals surface area contributed by atoms with Gasteiger partial charge in [0.05, 0.1) is 0 Å². The number of fused-ring (bicyclic) bond motifs is 1. The molecule has 0 amide bonds. The molecule has 1 saturated carbocycles. The molecule has 2 heteroatoms. The fourth-order valence-electron chi connectivity index (χ4n) is 2.62. The van der Waals surface area contributed by atoms with Crippen LogP contribution in [0.3, 0.4) is 0 Å². The molecule has 1 unspecified atom stereocenters. The van der Waals surface area contributed by atoms with E-state index in [0.717, 1.165) is 6.42 Å². The maximum absolute atomic E-state index is 6.49. The van der Waals surface area contributed by atoms with Crippen LogP contribution in [0.1, 0.15) is 25.8 Å². The average molecular weight is 212 g/mol. The van der Waals surface area contributed by atoms with Gasteiger partial charge in [0, 0.05) is 23.3 Å². The summed E-state index contributed by atoms with van der Waals surface area (Å²) < 4.78 is 0. The Bertz CT molecular complexity index is 554. The van der Waals surface area contributed by atoms with E-state index in [4.69, 9.17) is 5.73 Å². The van der Waals surface area contributed by atoms with Crippen LogP contribution in [0.4, 0.5) is 0 Å². The number of rotatable bonds is 1. The van der Waals surface area contributed by atoms with Crippen LogP contribution in [0.25, 0.3) is 10.8 Å². The minimum atomic E-state index is -0.159. The van der Waals surface area contributed by atoms with E-state index >= 15 is 0 Å². The minimum Gasteiger partial charge on any atom is -0.321 e. The lowest BCUT2D eigenvalue weighted by Crippen LogP contribution is -2.25. The predicted molar refractivity (Wildman–Crippen MR) is 66.0 cm³/mol. The molecule has 1 aromatic heterocycles. The standard InChI is InChI=1S/C14H16N2/c1-13(2)9-14(13,15)12-5-3-4-10-8-16-7-6-11(10)12/h3-8H,9,15H2,1-2H3. The van der Waals surface area contributed by atoms with Crippen molar-refractivity contribution < 1.29 is 0 Å². The number of aromatic nitrogens is 1. The van der Waals surface area contributed by atoms with E-state index in [-0.39, 0.29) is 11.0 Å². The van der Waals surface area contributed by atoms with Gasteiger partial charge >= 0.3 is 0 Å². The zero-order valence-corrected chi connectivity index (χ0v) is 9.70. The van der Waals surface area contributed by atoms with Crippen molar-refractivity contribution in [2.24, 2.45) is 11.1 Å². The molecule has 1 aromatic carbocycles. The third-order valence-corrected chi connectivity index (χ3v) is 3.96. The number of benzene rings is 1. The van der Waals surface area contributed by atoms with Crippen molar-refractivity contribution >= 4 is 10.8 Å². The molecular formula is C14H16N2. The zero-order chi connectivity index (χ0) is 11.4. The number of nitrogens with two attached hydrogens (primary N) is 1. The number of nitrogens with zero attached hydrogens (tertiary/aromatic N) is 1. The largest absolute Gasteiger partial charge is 0.321 e. The van der Waals surface area contributed by atoms with Crippen LogP contribution >= 0.6 is 0 Å². The van der Waals surface area contributed by atoms with Crippen molar-refractivity contribution in [3.05, 3.63) is 42.2 Å². The highest BCUT2D eigenvalue weighted by molar-refractivity contribution is 5.86. The molecular weight excluding hydrogens is 196 g/mol. The van der Waals surface area contributed by atoms with E-state index in [1.807, 2.05) is 12.4 Å². The second-order valence-corrected chi connectivity index (χ2v) is 5.43. The molecule has 0 saturated heterocycles. The maximum atomic E-state index is 6.49. The summed E-state index contributed by atoms with van der Waals surface area (Å²) in [4.78, 5) is 4.15. The highest BCUT2D eigenvalue weighted by Crippen LogP contribution is 2.61. The molecule has 1 heterocycles. The van der Waals surface area contributed by atoms with Gasteiger partial charge in [-0.15, -0.1) is 0 Å². The molecule has 3 rings (SSSR count). The van der Waals surface area contributed by atoms with Crippen LogP contribution in [0.2, 0.25) is 0 Å². The molecule has 1 aliphatic carbocycles. The monoisotopic (exact) mass is 212 g/mol. The lowest BCUT2D eigenvalue weighted by atomic mass is 9.93. The van der Waals surface area contributed by atoms with Crippen molar-refractivity contribution in [2.45, 2.75) is 25.8 Å². The Morgan fingerprint density at radius 3 is 2.69 bits per heavy atom. The summed E-state index contributed by atoms with van der Waals surface area (Å²) in [5.74, 6) is 0. The first-order valence-corrected chi connectivity index (χ1v) is 5.67. The van der Waals surface area contributed by atoms with Crippen molar-refractivity contribution in [3.63, 3.8) is 0 Å². The number of pyridine rings is 1. The molecule has 16 heavy (non-hydrogen) atoms. The van der Waals surface area contributed by atoms with Gasteiger partial charge in [0.25, 0.3) is 0 Å². The summed E-state index contributed by atoms with van der Waals surface area (Å²) in [6, 6.07) is 8.37. The first kappa shape index (κ1) is 9.79. The Morgan fingerprint density at radius 2 is 2.00 bits per heavy atom. The quantitative estimate of drug-likeness (QED) is 0.789. The minimum absolute atomic E-state index is 0.159. The fraction of sp³-hybridized carbons (Fsp3) is 0.357. The molecule has 0 bridgehead atoms. The van der Waals surface area contributed by atoms with Crippen molar-refractivity contribution in [1.29, 1.82) is 0 Å². The predicted octanol–water partition coefficient (Wildman–Crippen LogP) is 2.82. The van der Waals surface area contributed by atoms with Crippen LogP contribution in [0.15, 0.2) is 36.7 Å². The molecule has 2 nitrogen and oxygen atoms in total. The molecule has 1 atom stereocenters. The number of hydrogen-bond acceptors (Lipinski definition) is 2. The van der Waals surface area contributed by atoms with E-state index in [9.17, 15) is 0 Å². The van der Waals surface area contributed by atoms with Crippen LogP contribution in [0.5, 0.6) is 0 Å². The van der Waals surface area contributed by atoms with Crippen LogP contribution in [-0.4, -0.2) is 4.98 Å². The molecule has 2 aromatic rings. The Labute approximate surface area is 95.5 Å². The Morgan fingerprint density at radius 1 is 1.25 bits per heavy atom. The van der Waals surface area contributed by atoms with Crippen LogP contribution < -0.4 is 5.73 Å². The molecule has 0 radical (unpaired) electrons. The topological polar surface area (TPSA) is 38.9 Å². The molecule has 0 spiro atoms. The normalized spacial score (nSPS) is 26.9. The molecule has 2 N–H and O–H groups in total. The molecule has 0 aliphatic heterocycles. The van der Waals surface area contributed by atoms with Crippen LogP contribution in [0, 0.1) is 5.41 Å². The Balaban J connectivity index is 2.26. The van der Waals surface area contributed by atoms with Crippen molar-refractivity contribution in [3.8, 4) is 0 Å². The van der Waals surface area contributed by atoms with Crippen LogP contribution in [-0.2, 0) is 5.54 Å². The second-order valence-electron chi connectivity index (χ2n) is 5.43. The summed E-state index contributed by atoms with van der Waals surface area (Å²) in [5.41, 5.74) is 7.81. The van der Waals surface area contributed by atoms with Gasteiger partial charge in [0.1, 0.15) is 0 Å². The Kier molecular flexibility index (Phi) is 1.73. The third-order valence-electron chi connectivity index (χ3n) is 3.96. The Hall–Kier alpha value is -1.41. The van der Waals surface area contributed by atoms with Gasteiger partial charge in [-0.25, -0.2) is 0 Å². The van der Waals surface area contributed by atoms with Gasteiger partial charge in [0.15, 0.2) is 0 Å². The number of hydrogen-bond donors (Lipinski definition) is 1. The first-order chi connectivity index (χ1) is 7.55. The van der Waals surface area contributed by atoms with E-state index in [2.05, 4.69) is 43.1 Å². The third kappa shape index (κ3) is 1.14.